The number of nitrogens with zero attached hydrogens (tertiary/aromatic N) is 1. The molecule has 174 valence electrons. The molecule has 2 amide bonds. The van der Waals surface area contributed by atoms with Crippen molar-refractivity contribution in [3.8, 4) is 5.75 Å². The van der Waals surface area contributed by atoms with Crippen LogP contribution in [-0.4, -0.2) is 35.4 Å². The third kappa shape index (κ3) is 6.40. The van der Waals surface area contributed by atoms with Crippen LogP contribution in [0.4, 0.5) is 0 Å². The fourth-order valence-corrected chi connectivity index (χ4v) is 4.15. The van der Waals surface area contributed by atoms with Crippen molar-refractivity contribution in [3.05, 3.63) is 76.3 Å². The lowest BCUT2D eigenvalue weighted by Crippen LogP contribution is -2.51. The summed E-state index contributed by atoms with van der Waals surface area (Å²) >= 11 is 12.4. The molecule has 1 N–H and O–H groups in total. The van der Waals surface area contributed by atoms with Crippen LogP contribution in [0.3, 0.4) is 0 Å². The zero-order valence-corrected chi connectivity index (χ0v) is 20.5. The largest absolute Gasteiger partial charge is 0.483 e. The molecule has 5 nitrogen and oxygen atoms in total. The number of amides is 2. The van der Waals surface area contributed by atoms with Crippen LogP contribution >= 0.6 is 23.2 Å². The van der Waals surface area contributed by atoms with E-state index in [-0.39, 0.29) is 31.0 Å². The second-order valence-corrected chi connectivity index (χ2v) is 8.95. The Morgan fingerprint density at radius 3 is 2.45 bits per heavy atom. The summed E-state index contributed by atoms with van der Waals surface area (Å²) < 4.78 is 5.93. The molecule has 0 heterocycles. The molecule has 0 aliphatic rings. The van der Waals surface area contributed by atoms with E-state index in [4.69, 9.17) is 27.9 Å². The third-order valence-electron chi connectivity index (χ3n) is 5.27. The number of fused-ring (bicyclic) bond motifs is 1. The maximum atomic E-state index is 13.4. The molecule has 0 radical (unpaired) electrons. The van der Waals surface area contributed by atoms with Gasteiger partial charge < -0.3 is 15.0 Å². The predicted molar refractivity (Wildman–Crippen MR) is 134 cm³/mol. The molecule has 0 fully saturated rings. The van der Waals surface area contributed by atoms with Gasteiger partial charge in [0, 0.05) is 28.0 Å². The Labute approximate surface area is 204 Å². The number of carbonyl (C=O) groups excluding carboxylic acids is 2. The molecular formula is C26H28Cl2N2O3. The van der Waals surface area contributed by atoms with Gasteiger partial charge in [-0.1, -0.05) is 72.6 Å². The van der Waals surface area contributed by atoms with Crippen LogP contribution < -0.4 is 10.1 Å². The highest BCUT2D eigenvalue weighted by Crippen LogP contribution is 2.26. The number of halogens is 2. The zero-order chi connectivity index (χ0) is 24.0. The molecule has 0 spiro atoms. The number of nitrogens with one attached hydrogen (secondary N) is 1. The Balaban J connectivity index is 1.86. The molecule has 3 aromatic carbocycles. The summed E-state index contributed by atoms with van der Waals surface area (Å²) in [6.07, 6.45) is 0.448. The van der Waals surface area contributed by atoms with Crippen molar-refractivity contribution < 1.29 is 14.3 Å². The second kappa shape index (κ2) is 11.4. The average molecular weight is 487 g/mol. The predicted octanol–water partition coefficient (Wildman–Crippen LogP) is 5.86. The minimum Gasteiger partial charge on any atom is -0.483 e. The SMILES string of the molecule is CC[C@H](C(=O)NC(C)C)N(Cc1ccc(Cl)cc1Cl)C(=O)COc1cccc2ccccc12. The molecular weight excluding hydrogens is 459 g/mol. The van der Waals surface area contributed by atoms with E-state index < -0.39 is 6.04 Å². The summed E-state index contributed by atoms with van der Waals surface area (Å²) in [5, 5.41) is 5.80. The highest BCUT2D eigenvalue weighted by Gasteiger charge is 2.29. The van der Waals surface area contributed by atoms with E-state index in [1.54, 1.807) is 18.2 Å². The van der Waals surface area contributed by atoms with E-state index >= 15 is 0 Å². The van der Waals surface area contributed by atoms with Crippen molar-refractivity contribution in [1.82, 2.24) is 10.2 Å². The first-order valence-electron chi connectivity index (χ1n) is 10.9. The Morgan fingerprint density at radius 2 is 1.76 bits per heavy atom. The number of hydrogen-bond donors (Lipinski definition) is 1. The first-order chi connectivity index (χ1) is 15.8. The minimum absolute atomic E-state index is 0.0467. The topological polar surface area (TPSA) is 58.6 Å². The smallest absolute Gasteiger partial charge is 0.261 e. The monoisotopic (exact) mass is 486 g/mol. The van der Waals surface area contributed by atoms with E-state index in [0.29, 0.717) is 27.8 Å². The van der Waals surface area contributed by atoms with E-state index in [1.807, 2.05) is 63.2 Å². The summed E-state index contributed by atoms with van der Waals surface area (Å²) in [5.41, 5.74) is 0.704. The first kappa shape index (κ1) is 24.9. The fourth-order valence-electron chi connectivity index (χ4n) is 3.68. The van der Waals surface area contributed by atoms with Crippen LogP contribution in [0.2, 0.25) is 10.0 Å². The lowest BCUT2D eigenvalue weighted by atomic mass is 10.1. The Bertz CT molecular complexity index is 1130. The van der Waals surface area contributed by atoms with Gasteiger partial charge in [-0.05, 0) is 49.4 Å². The van der Waals surface area contributed by atoms with Gasteiger partial charge in [0.05, 0.1) is 0 Å². The van der Waals surface area contributed by atoms with Gasteiger partial charge >= 0.3 is 0 Å². The quantitative estimate of drug-likeness (QED) is 0.412. The summed E-state index contributed by atoms with van der Waals surface area (Å²) in [7, 11) is 0. The van der Waals surface area contributed by atoms with Crippen molar-refractivity contribution in [2.75, 3.05) is 6.61 Å². The van der Waals surface area contributed by atoms with E-state index in [0.717, 1.165) is 10.8 Å². The molecule has 3 aromatic rings. The van der Waals surface area contributed by atoms with Crippen molar-refractivity contribution in [2.24, 2.45) is 0 Å². The van der Waals surface area contributed by atoms with Crippen LogP contribution in [-0.2, 0) is 16.1 Å². The van der Waals surface area contributed by atoms with Gasteiger partial charge in [-0.2, -0.15) is 0 Å². The molecule has 33 heavy (non-hydrogen) atoms. The molecule has 0 unspecified atom stereocenters. The first-order valence-corrected chi connectivity index (χ1v) is 11.7. The minimum atomic E-state index is -0.664. The number of carbonyl (C=O) groups is 2. The molecule has 0 bridgehead atoms. The molecule has 0 saturated carbocycles. The fraction of sp³-hybridized carbons (Fsp3) is 0.308. The Kier molecular flexibility index (Phi) is 8.59. The summed E-state index contributed by atoms with van der Waals surface area (Å²) in [6.45, 7) is 5.61. The number of hydrogen-bond acceptors (Lipinski definition) is 3. The van der Waals surface area contributed by atoms with Gasteiger partial charge in [-0.25, -0.2) is 0 Å². The number of ether oxygens (including phenoxy) is 1. The van der Waals surface area contributed by atoms with E-state index in [2.05, 4.69) is 5.32 Å². The molecule has 0 aromatic heterocycles. The lowest BCUT2D eigenvalue weighted by molar-refractivity contribution is -0.143. The van der Waals surface area contributed by atoms with Crippen molar-refractivity contribution >= 4 is 45.8 Å². The van der Waals surface area contributed by atoms with Gasteiger partial charge in [0.2, 0.25) is 5.91 Å². The normalized spacial score (nSPS) is 11.9. The van der Waals surface area contributed by atoms with Crippen LogP contribution in [0.1, 0.15) is 32.8 Å². The van der Waals surface area contributed by atoms with Gasteiger partial charge in [0.1, 0.15) is 11.8 Å². The molecule has 0 aliphatic heterocycles. The molecule has 1 atom stereocenters. The molecule has 0 saturated heterocycles. The Morgan fingerprint density at radius 1 is 1.03 bits per heavy atom. The van der Waals surface area contributed by atoms with Crippen LogP contribution in [0.15, 0.2) is 60.7 Å². The highest BCUT2D eigenvalue weighted by molar-refractivity contribution is 6.35. The summed E-state index contributed by atoms with van der Waals surface area (Å²) in [5.74, 6) is 0.0985. The van der Waals surface area contributed by atoms with Gasteiger partial charge in [0.25, 0.3) is 5.91 Å². The van der Waals surface area contributed by atoms with E-state index in [1.165, 1.54) is 4.90 Å². The average Bonchev–Trinajstić information content (AvgIpc) is 2.78. The maximum absolute atomic E-state index is 13.4. The maximum Gasteiger partial charge on any atom is 0.261 e. The zero-order valence-electron chi connectivity index (χ0n) is 19.0. The van der Waals surface area contributed by atoms with Crippen molar-refractivity contribution in [3.63, 3.8) is 0 Å². The van der Waals surface area contributed by atoms with Crippen molar-refractivity contribution in [1.29, 1.82) is 0 Å². The van der Waals surface area contributed by atoms with Crippen LogP contribution in [0, 0.1) is 0 Å². The second-order valence-electron chi connectivity index (χ2n) is 8.11. The van der Waals surface area contributed by atoms with Crippen LogP contribution in [0.25, 0.3) is 10.8 Å². The van der Waals surface area contributed by atoms with E-state index in [9.17, 15) is 9.59 Å². The van der Waals surface area contributed by atoms with Crippen molar-refractivity contribution in [2.45, 2.75) is 45.8 Å². The molecule has 3 rings (SSSR count). The van der Waals surface area contributed by atoms with Crippen LogP contribution in [0.5, 0.6) is 5.75 Å². The lowest BCUT2D eigenvalue weighted by Gasteiger charge is -2.31. The number of benzene rings is 3. The van der Waals surface area contributed by atoms with Gasteiger partial charge in [0.15, 0.2) is 6.61 Å². The van der Waals surface area contributed by atoms with Gasteiger partial charge in [-0.15, -0.1) is 0 Å². The number of rotatable bonds is 9. The highest BCUT2D eigenvalue weighted by atomic mass is 35.5. The third-order valence-corrected chi connectivity index (χ3v) is 5.86. The molecule has 7 heteroatoms. The Hall–Kier alpha value is -2.76. The molecule has 0 aliphatic carbocycles. The summed E-state index contributed by atoms with van der Waals surface area (Å²) in [4.78, 5) is 27.8. The van der Waals surface area contributed by atoms with Gasteiger partial charge in [-0.3, -0.25) is 9.59 Å². The summed E-state index contributed by atoms with van der Waals surface area (Å²) in [6, 6.07) is 17.9. The standard InChI is InChI=1S/C26H28Cl2N2O3/c1-4-23(26(32)29-17(2)3)30(15-19-12-13-20(27)14-22(19)28)25(31)16-33-24-11-7-9-18-8-5-6-10-21(18)24/h5-14,17,23H,4,15-16H2,1-3H3,(H,29,32)/t23-/m1/s1.